The molecular weight excluding hydrogens is 232 g/mol. The molecule has 0 saturated heterocycles. The Morgan fingerprint density at radius 1 is 0.895 bits per heavy atom. The van der Waals surface area contributed by atoms with Gasteiger partial charge in [-0.1, -0.05) is 35.9 Å². The molecular formula is C17H18N2. The summed E-state index contributed by atoms with van der Waals surface area (Å²) in [4.78, 5) is 0. The number of aromatic nitrogens is 1. The maximum atomic E-state index is 6.22. The molecule has 0 radical (unpaired) electrons. The molecule has 0 aliphatic carbocycles. The number of aryl methyl sites for hydroxylation is 3. The summed E-state index contributed by atoms with van der Waals surface area (Å²) in [6.07, 6.45) is 0. The highest BCUT2D eigenvalue weighted by Gasteiger charge is 2.12. The van der Waals surface area contributed by atoms with Crippen molar-refractivity contribution in [3.05, 3.63) is 59.2 Å². The lowest BCUT2D eigenvalue weighted by Crippen LogP contribution is -2.04. The average molecular weight is 250 g/mol. The molecule has 3 rings (SSSR count). The predicted octanol–water partition coefficient (Wildman–Crippen LogP) is 4.14. The third kappa shape index (κ3) is 1.80. The zero-order valence-electron chi connectivity index (χ0n) is 11.6. The molecule has 19 heavy (non-hydrogen) atoms. The lowest BCUT2D eigenvalue weighted by atomic mass is 10.0. The molecule has 2 aromatic carbocycles. The molecule has 0 atom stereocenters. The van der Waals surface area contributed by atoms with Gasteiger partial charge in [-0.15, -0.1) is 0 Å². The topological polar surface area (TPSA) is 30.9 Å². The van der Waals surface area contributed by atoms with Gasteiger partial charge in [-0.25, -0.2) is 0 Å². The zero-order chi connectivity index (χ0) is 13.6. The highest BCUT2D eigenvalue weighted by atomic mass is 15.1. The molecule has 1 aromatic heterocycles. The molecule has 0 saturated carbocycles. The number of nitrogens with zero attached hydrogens (tertiary/aromatic N) is 1. The van der Waals surface area contributed by atoms with Crippen LogP contribution in [0.25, 0.3) is 16.6 Å². The lowest BCUT2D eigenvalue weighted by molar-refractivity contribution is 1.08. The normalized spacial score (nSPS) is 11.1. The van der Waals surface area contributed by atoms with Crippen LogP contribution in [-0.4, -0.2) is 4.57 Å². The second-order valence-corrected chi connectivity index (χ2v) is 5.21. The van der Waals surface area contributed by atoms with E-state index < -0.39 is 0 Å². The molecule has 2 heteroatoms. The second-order valence-electron chi connectivity index (χ2n) is 5.21. The smallest absolute Gasteiger partial charge is 0.108 e. The van der Waals surface area contributed by atoms with E-state index in [0.717, 1.165) is 11.3 Å². The number of hydrogen-bond donors (Lipinski definition) is 1. The van der Waals surface area contributed by atoms with Crippen LogP contribution in [0.5, 0.6) is 0 Å². The summed E-state index contributed by atoms with van der Waals surface area (Å²) >= 11 is 0. The predicted molar refractivity (Wildman–Crippen MR) is 81.9 cm³/mol. The SMILES string of the molecule is Cc1cc(C)c(-n2c(N)cc3ccccc32)c(C)c1. The molecule has 0 bridgehead atoms. The van der Waals surface area contributed by atoms with Crippen LogP contribution in [0.3, 0.4) is 0 Å². The molecule has 2 nitrogen and oxygen atoms in total. The number of nitrogens with two attached hydrogens (primary N) is 1. The van der Waals surface area contributed by atoms with Gasteiger partial charge in [0.2, 0.25) is 0 Å². The van der Waals surface area contributed by atoms with Crippen molar-refractivity contribution < 1.29 is 0 Å². The molecule has 1 heterocycles. The van der Waals surface area contributed by atoms with Gasteiger partial charge < -0.3 is 5.73 Å². The van der Waals surface area contributed by atoms with E-state index in [1.165, 1.54) is 27.8 Å². The third-order valence-electron chi connectivity index (χ3n) is 3.60. The summed E-state index contributed by atoms with van der Waals surface area (Å²) in [6, 6.07) is 14.8. The Morgan fingerprint density at radius 2 is 1.53 bits per heavy atom. The minimum Gasteiger partial charge on any atom is -0.385 e. The first-order valence-corrected chi connectivity index (χ1v) is 6.52. The first-order chi connectivity index (χ1) is 9.08. The lowest BCUT2D eigenvalue weighted by Gasteiger charge is -2.15. The highest BCUT2D eigenvalue weighted by molar-refractivity contribution is 5.87. The van der Waals surface area contributed by atoms with Crippen LogP contribution >= 0.6 is 0 Å². The standard InChI is InChI=1S/C17H18N2/c1-11-8-12(2)17(13(3)9-11)19-15-7-5-4-6-14(15)10-16(19)18/h4-10H,18H2,1-3H3. The van der Waals surface area contributed by atoms with E-state index in [2.05, 4.69) is 55.7 Å². The summed E-state index contributed by atoms with van der Waals surface area (Å²) in [7, 11) is 0. The number of para-hydroxylation sites is 1. The van der Waals surface area contributed by atoms with Crippen LogP contribution in [-0.2, 0) is 0 Å². The van der Waals surface area contributed by atoms with Crippen molar-refractivity contribution in [3.63, 3.8) is 0 Å². The van der Waals surface area contributed by atoms with E-state index in [1.54, 1.807) is 0 Å². The van der Waals surface area contributed by atoms with E-state index in [1.807, 2.05) is 12.1 Å². The fourth-order valence-electron chi connectivity index (χ4n) is 2.95. The molecule has 3 aromatic rings. The van der Waals surface area contributed by atoms with Crippen LogP contribution in [0.4, 0.5) is 5.82 Å². The van der Waals surface area contributed by atoms with Gasteiger partial charge in [0, 0.05) is 5.39 Å². The van der Waals surface area contributed by atoms with Gasteiger partial charge >= 0.3 is 0 Å². The van der Waals surface area contributed by atoms with E-state index >= 15 is 0 Å². The molecule has 0 spiro atoms. The summed E-state index contributed by atoms with van der Waals surface area (Å²) in [5.41, 5.74) is 12.4. The van der Waals surface area contributed by atoms with Gasteiger partial charge in [-0.3, -0.25) is 4.57 Å². The van der Waals surface area contributed by atoms with Gasteiger partial charge in [-0.2, -0.15) is 0 Å². The average Bonchev–Trinajstić information content (AvgIpc) is 2.65. The number of hydrogen-bond acceptors (Lipinski definition) is 1. The van der Waals surface area contributed by atoms with Crippen LogP contribution < -0.4 is 5.73 Å². The Bertz CT molecular complexity index is 743. The van der Waals surface area contributed by atoms with Crippen molar-refractivity contribution in [1.29, 1.82) is 0 Å². The molecule has 96 valence electrons. The quantitative estimate of drug-likeness (QED) is 0.691. The van der Waals surface area contributed by atoms with Crippen molar-refractivity contribution in [2.45, 2.75) is 20.8 Å². The first kappa shape index (κ1) is 11.8. The first-order valence-electron chi connectivity index (χ1n) is 6.52. The van der Waals surface area contributed by atoms with Crippen molar-refractivity contribution in [3.8, 4) is 5.69 Å². The maximum absolute atomic E-state index is 6.22. The number of benzene rings is 2. The molecule has 0 aliphatic rings. The van der Waals surface area contributed by atoms with Gasteiger partial charge in [-0.05, 0) is 44.0 Å². The molecule has 0 unspecified atom stereocenters. The Labute approximate surface area is 113 Å². The van der Waals surface area contributed by atoms with E-state index in [0.29, 0.717) is 0 Å². The van der Waals surface area contributed by atoms with Gasteiger partial charge in [0.25, 0.3) is 0 Å². The number of rotatable bonds is 1. The second kappa shape index (κ2) is 4.16. The third-order valence-corrected chi connectivity index (χ3v) is 3.60. The summed E-state index contributed by atoms with van der Waals surface area (Å²) < 4.78 is 2.15. The Morgan fingerprint density at radius 3 is 2.21 bits per heavy atom. The maximum Gasteiger partial charge on any atom is 0.108 e. The van der Waals surface area contributed by atoms with Crippen molar-refractivity contribution in [1.82, 2.24) is 4.57 Å². The summed E-state index contributed by atoms with van der Waals surface area (Å²) in [6.45, 7) is 6.41. The summed E-state index contributed by atoms with van der Waals surface area (Å²) in [5.74, 6) is 0.788. The van der Waals surface area contributed by atoms with Crippen LogP contribution in [0.15, 0.2) is 42.5 Å². The zero-order valence-corrected chi connectivity index (χ0v) is 11.6. The minimum absolute atomic E-state index is 0.788. The molecule has 2 N–H and O–H groups in total. The number of fused-ring (bicyclic) bond motifs is 1. The van der Waals surface area contributed by atoms with Crippen molar-refractivity contribution in [2.24, 2.45) is 0 Å². The summed E-state index contributed by atoms with van der Waals surface area (Å²) in [5, 5.41) is 1.18. The van der Waals surface area contributed by atoms with Gasteiger partial charge in [0.05, 0.1) is 11.2 Å². The van der Waals surface area contributed by atoms with E-state index in [4.69, 9.17) is 5.73 Å². The Balaban J connectivity index is 2.40. The van der Waals surface area contributed by atoms with E-state index in [9.17, 15) is 0 Å². The largest absolute Gasteiger partial charge is 0.385 e. The Hall–Kier alpha value is -2.22. The fraction of sp³-hybridized carbons (Fsp3) is 0.176. The molecule has 0 amide bonds. The molecule has 0 fully saturated rings. The monoisotopic (exact) mass is 250 g/mol. The fourth-order valence-corrected chi connectivity index (χ4v) is 2.95. The van der Waals surface area contributed by atoms with Crippen molar-refractivity contribution >= 4 is 16.7 Å². The van der Waals surface area contributed by atoms with Crippen molar-refractivity contribution in [2.75, 3.05) is 5.73 Å². The number of nitrogen functional groups attached to an aromatic ring is 1. The van der Waals surface area contributed by atoms with Gasteiger partial charge in [0.15, 0.2) is 0 Å². The van der Waals surface area contributed by atoms with Crippen LogP contribution in [0, 0.1) is 20.8 Å². The van der Waals surface area contributed by atoms with Crippen LogP contribution in [0.2, 0.25) is 0 Å². The highest BCUT2D eigenvalue weighted by Crippen LogP contribution is 2.30. The van der Waals surface area contributed by atoms with E-state index in [-0.39, 0.29) is 0 Å². The van der Waals surface area contributed by atoms with Crippen LogP contribution in [0.1, 0.15) is 16.7 Å². The number of anilines is 1. The molecule has 0 aliphatic heterocycles. The van der Waals surface area contributed by atoms with Gasteiger partial charge in [0.1, 0.15) is 5.82 Å². The minimum atomic E-state index is 0.788. The Kier molecular flexibility index (Phi) is 2.59.